The average Bonchev–Trinajstić information content (AvgIpc) is 2.73. The summed E-state index contributed by atoms with van der Waals surface area (Å²) < 4.78 is 0. The van der Waals surface area contributed by atoms with Crippen molar-refractivity contribution >= 4 is 28.8 Å². The number of halogens is 1. The molecule has 0 radical (unpaired) electrons. The van der Waals surface area contributed by atoms with Crippen LogP contribution in [-0.2, 0) is 6.54 Å². The summed E-state index contributed by atoms with van der Waals surface area (Å²) >= 11 is 7.57. The van der Waals surface area contributed by atoms with Gasteiger partial charge in [-0.25, -0.2) is 9.97 Å². The quantitative estimate of drug-likeness (QED) is 0.837. The molecule has 0 aliphatic rings. The Labute approximate surface area is 97.2 Å². The SMILES string of the molecule is Cc1c(Cl)ncnc1NCc1ccsc1. The second kappa shape index (κ2) is 4.59. The maximum absolute atomic E-state index is 5.89. The van der Waals surface area contributed by atoms with Crippen LogP contribution < -0.4 is 5.32 Å². The van der Waals surface area contributed by atoms with E-state index < -0.39 is 0 Å². The molecule has 0 saturated carbocycles. The monoisotopic (exact) mass is 239 g/mol. The van der Waals surface area contributed by atoms with Gasteiger partial charge in [0.25, 0.3) is 0 Å². The lowest BCUT2D eigenvalue weighted by atomic mass is 10.3. The zero-order chi connectivity index (χ0) is 10.7. The van der Waals surface area contributed by atoms with Crippen molar-refractivity contribution in [2.45, 2.75) is 13.5 Å². The largest absolute Gasteiger partial charge is 0.366 e. The molecule has 2 aromatic heterocycles. The first-order valence-electron chi connectivity index (χ1n) is 4.49. The molecule has 2 aromatic rings. The van der Waals surface area contributed by atoms with E-state index in [0.29, 0.717) is 5.15 Å². The fourth-order valence-electron chi connectivity index (χ4n) is 1.19. The fourth-order valence-corrected chi connectivity index (χ4v) is 1.99. The maximum Gasteiger partial charge on any atom is 0.137 e. The van der Waals surface area contributed by atoms with Crippen LogP contribution in [0.2, 0.25) is 5.15 Å². The summed E-state index contributed by atoms with van der Waals surface area (Å²) in [5, 5.41) is 7.88. The van der Waals surface area contributed by atoms with Crippen molar-refractivity contribution in [2.24, 2.45) is 0 Å². The van der Waals surface area contributed by atoms with Crippen LogP contribution in [0.1, 0.15) is 11.1 Å². The zero-order valence-electron chi connectivity index (χ0n) is 8.20. The Morgan fingerprint density at radius 3 is 3.07 bits per heavy atom. The summed E-state index contributed by atoms with van der Waals surface area (Å²) in [4.78, 5) is 8.04. The van der Waals surface area contributed by atoms with Gasteiger partial charge in [-0.1, -0.05) is 11.6 Å². The second-order valence-electron chi connectivity index (χ2n) is 3.12. The third-order valence-corrected chi connectivity index (χ3v) is 3.18. The molecule has 1 N–H and O–H groups in total. The molecule has 0 aliphatic carbocycles. The van der Waals surface area contributed by atoms with Crippen LogP contribution >= 0.6 is 22.9 Å². The highest BCUT2D eigenvalue weighted by Gasteiger charge is 2.04. The second-order valence-corrected chi connectivity index (χ2v) is 4.26. The average molecular weight is 240 g/mol. The molecule has 0 aliphatic heterocycles. The van der Waals surface area contributed by atoms with E-state index in [1.54, 1.807) is 11.3 Å². The number of anilines is 1. The fraction of sp³-hybridized carbons (Fsp3) is 0.200. The Balaban J connectivity index is 2.08. The van der Waals surface area contributed by atoms with Crippen LogP contribution in [0.4, 0.5) is 5.82 Å². The van der Waals surface area contributed by atoms with Gasteiger partial charge in [-0.15, -0.1) is 0 Å². The summed E-state index contributed by atoms with van der Waals surface area (Å²) in [6, 6.07) is 2.08. The van der Waals surface area contributed by atoms with Crippen molar-refractivity contribution in [1.29, 1.82) is 0 Å². The zero-order valence-corrected chi connectivity index (χ0v) is 9.77. The van der Waals surface area contributed by atoms with Gasteiger partial charge in [-0.05, 0) is 29.3 Å². The summed E-state index contributed by atoms with van der Waals surface area (Å²) in [6.45, 7) is 2.66. The molecule has 0 unspecified atom stereocenters. The van der Waals surface area contributed by atoms with Crippen LogP contribution in [0.25, 0.3) is 0 Å². The van der Waals surface area contributed by atoms with E-state index in [4.69, 9.17) is 11.6 Å². The van der Waals surface area contributed by atoms with E-state index in [0.717, 1.165) is 17.9 Å². The summed E-state index contributed by atoms with van der Waals surface area (Å²) in [5.41, 5.74) is 2.13. The minimum absolute atomic E-state index is 0.498. The van der Waals surface area contributed by atoms with Gasteiger partial charge in [0.1, 0.15) is 17.3 Å². The number of rotatable bonds is 3. The molecule has 2 rings (SSSR count). The number of nitrogens with zero attached hydrogens (tertiary/aromatic N) is 2. The van der Waals surface area contributed by atoms with Crippen molar-refractivity contribution in [3.05, 3.63) is 39.4 Å². The number of aromatic nitrogens is 2. The summed E-state index contributed by atoms with van der Waals surface area (Å²) in [5.74, 6) is 0.793. The van der Waals surface area contributed by atoms with Gasteiger partial charge in [0.15, 0.2) is 0 Å². The highest BCUT2D eigenvalue weighted by atomic mass is 35.5. The first kappa shape index (κ1) is 10.4. The number of thiophene rings is 1. The molecule has 78 valence electrons. The minimum Gasteiger partial charge on any atom is -0.366 e. The topological polar surface area (TPSA) is 37.8 Å². The molecule has 0 spiro atoms. The van der Waals surface area contributed by atoms with Gasteiger partial charge in [0.2, 0.25) is 0 Å². The summed E-state index contributed by atoms with van der Waals surface area (Å²) in [6.07, 6.45) is 1.46. The molecule has 0 bridgehead atoms. The van der Waals surface area contributed by atoms with E-state index >= 15 is 0 Å². The molecule has 15 heavy (non-hydrogen) atoms. The molecule has 2 heterocycles. The Hall–Kier alpha value is -1.13. The number of hydrogen-bond acceptors (Lipinski definition) is 4. The highest BCUT2D eigenvalue weighted by Crippen LogP contribution is 2.18. The highest BCUT2D eigenvalue weighted by molar-refractivity contribution is 7.07. The third kappa shape index (κ3) is 2.46. The third-order valence-electron chi connectivity index (χ3n) is 2.06. The Morgan fingerprint density at radius 2 is 2.33 bits per heavy atom. The summed E-state index contributed by atoms with van der Waals surface area (Å²) in [7, 11) is 0. The number of hydrogen-bond donors (Lipinski definition) is 1. The Bertz CT molecular complexity index is 442. The molecule has 0 saturated heterocycles. The molecule has 0 fully saturated rings. The van der Waals surface area contributed by atoms with Crippen molar-refractivity contribution in [3.8, 4) is 0 Å². The number of nitrogens with one attached hydrogen (secondary N) is 1. The standard InChI is InChI=1S/C10H10ClN3S/c1-7-9(11)13-6-14-10(7)12-4-8-2-3-15-5-8/h2-3,5-6H,4H2,1H3,(H,12,13,14). The van der Waals surface area contributed by atoms with E-state index in [2.05, 4.69) is 32.1 Å². The molecule has 3 nitrogen and oxygen atoms in total. The lowest BCUT2D eigenvalue weighted by Gasteiger charge is -2.07. The molecular formula is C10H10ClN3S. The van der Waals surface area contributed by atoms with Gasteiger partial charge in [0.05, 0.1) is 0 Å². The van der Waals surface area contributed by atoms with E-state index in [-0.39, 0.29) is 0 Å². The van der Waals surface area contributed by atoms with Gasteiger partial charge < -0.3 is 5.32 Å². The van der Waals surface area contributed by atoms with Crippen LogP contribution in [-0.4, -0.2) is 9.97 Å². The lowest BCUT2D eigenvalue weighted by Crippen LogP contribution is -2.03. The molecule has 0 atom stereocenters. The predicted molar refractivity (Wildman–Crippen MR) is 63.4 cm³/mol. The van der Waals surface area contributed by atoms with E-state index in [1.807, 2.05) is 6.92 Å². The Kier molecular flexibility index (Phi) is 3.18. The van der Waals surface area contributed by atoms with Crippen LogP contribution in [0.15, 0.2) is 23.2 Å². The van der Waals surface area contributed by atoms with Crippen molar-refractivity contribution < 1.29 is 0 Å². The van der Waals surface area contributed by atoms with E-state index in [1.165, 1.54) is 11.9 Å². The first-order valence-corrected chi connectivity index (χ1v) is 5.81. The van der Waals surface area contributed by atoms with Gasteiger partial charge in [-0.2, -0.15) is 11.3 Å². The minimum atomic E-state index is 0.498. The van der Waals surface area contributed by atoms with Gasteiger partial charge >= 0.3 is 0 Å². The van der Waals surface area contributed by atoms with Crippen LogP contribution in [0, 0.1) is 6.92 Å². The first-order chi connectivity index (χ1) is 7.27. The smallest absolute Gasteiger partial charge is 0.137 e. The normalized spacial score (nSPS) is 10.3. The Morgan fingerprint density at radius 1 is 1.47 bits per heavy atom. The predicted octanol–water partition coefficient (Wildman–Crippen LogP) is 3.11. The van der Waals surface area contributed by atoms with Crippen LogP contribution in [0.3, 0.4) is 0 Å². The lowest BCUT2D eigenvalue weighted by molar-refractivity contribution is 1.06. The van der Waals surface area contributed by atoms with Crippen molar-refractivity contribution in [1.82, 2.24) is 9.97 Å². The van der Waals surface area contributed by atoms with Crippen LogP contribution in [0.5, 0.6) is 0 Å². The molecule has 0 amide bonds. The van der Waals surface area contributed by atoms with Crippen molar-refractivity contribution in [3.63, 3.8) is 0 Å². The van der Waals surface area contributed by atoms with E-state index in [9.17, 15) is 0 Å². The molecular weight excluding hydrogens is 230 g/mol. The maximum atomic E-state index is 5.89. The van der Waals surface area contributed by atoms with Crippen molar-refractivity contribution in [2.75, 3.05) is 5.32 Å². The molecule has 0 aromatic carbocycles. The van der Waals surface area contributed by atoms with Gasteiger partial charge in [-0.3, -0.25) is 0 Å². The van der Waals surface area contributed by atoms with Gasteiger partial charge in [0, 0.05) is 12.1 Å². The molecule has 5 heteroatoms.